The van der Waals surface area contributed by atoms with Gasteiger partial charge in [-0.25, -0.2) is 4.98 Å². The van der Waals surface area contributed by atoms with E-state index >= 15 is 0 Å². The van der Waals surface area contributed by atoms with Crippen LogP contribution in [0.25, 0.3) is 0 Å². The van der Waals surface area contributed by atoms with Crippen molar-refractivity contribution in [2.45, 2.75) is 38.6 Å². The molecule has 0 saturated carbocycles. The van der Waals surface area contributed by atoms with Crippen molar-refractivity contribution in [1.82, 2.24) is 19.7 Å². The molecular weight excluding hydrogens is 514 g/mol. The lowest BCUT2D eigenvalue weighted by molar-refractivity contribution is -0.113. The molecule has 3 aromatic rings. The molecular formula is C22H23BrClN5O2S. The molecule has 168 valence electrons. The Morgan fingerprint density at radius 1 is 1.34 bits per heavy atom. The summed E-state index contributed by atoms with van der Waals surface area (Å²) >= 11 is 10.9. The van der Waals surface area contributed by atoms with Gasteiger partial charge in [-0.3, -0.25) is 9.36 Å². The van der Waals surface area contributed by atoms with E-state index in [2.05, 4.69) is 43.0 Å². The summed E-state index contributed by atoms with van der Waals surface area (Å²) in [5.74, 6) is 1.82. The molecule has 1 N–H and O–H groups in total. The van der Waals surface area contributed by atoms with E-state index in [4.69, 9.17) is 16.3 Å². The third-order valence-corrected chi connectivity index (χ3v) is 6.50. The fraction of sp³-hybridized carbons (Fsp3) is 0.273. The molecule has 0 spiro atoms. The number of benzene rings is 1. The highest BCUT2D eigenvalue weighted by Gasteiger charge is 2.20. The molecule has 0 saturated heterocycles. The minimum Gasteiger partial charge on any atom is -0.483 e. The zero-order chi connectivity index (χ0) is 23.3. The summed E-state index contributed by atoms with van der Waals surface area (Å²) in [6.07, 6.45) is 3.02. The van der Waals surface area contributed by atoms with E-state index in [9.17, 15) is 4.79 Å². The Morgan fingerprint density at radius 2 is 2.06 bits per heavy atom. The van der Waals surface area contributed by atoms with E-state index in [1.54, 1.807) is 18.3 Å². The highest BCUT2D eigenvalue weighted by Crippen LogP contribution is 2.29. The second-order valence-electron chi connectivity index (χ2n) is 7.07. The zero-order valence-electron chi connectivity index (χ0n) is 17.9. The zero-order valence-corrected chi connectivity index (χ0v) is 21.1. The van der Waals surface area contributed by atoms with E-state index in [-0.39, 0.29) is 17.8 Å². The Morgan fingerprint density at radius 3 is 2.69 bits per heavy atom. The average molecular weight is 537 g/mol. The van der Waals surface area contributed by atoms with Crippen LogP contribution in [-0.2, 0) is 11.3 Å². The van der Waals surface area contributed by atoms with Gasteiger partial charge in [-0.2, -0.15) is 0 Å². The second kappa shape index (κ2) is 11.0. The Labute approximate surface area is 204 Å². The molecule has 2 heterocycles. The van der Waals surface area contributed by atoms with Crippen LogP contribution in [0.3, 0.4) is 0 Å². The van der Waals surface area contributed by atoms with Crippen LogP contribution >= 0.6 is 39.3 Å². The van der Waals surface area contributed by atoms with Gasteiger partial charge in [0.25, 0.3) is 0 Å². The van der Waals surface area contributed by atoms with Gasteiger partial charge in [0.2, 0.25) is 5.91 Å². The number of carbonyl (C=O) groups excluding carboxylic acids is 1. The number of pyridine rings is 1. The number of nitrogens with one attached hydrogen (secondary N) is 1. The van der Waals surface area contributed by atoms with Gasteiger partial charge in [0, 0.05) is 22.2 Å². The topological polar surface area (TPSA) is 81.9 Å². The number of halogens is 2. The third-order valence-electron chi connectivity index (χ3n) is 4.47. The van der Waals surface area contributed by atoms with Crippen LogP contribution in [0.4, 0.5) is 5.82 Å². The van der Waals surface area contributed by atoms with Gasteiger partial charge >= 0.3 is 0 Å². The van der Waals surface area contributed by atoms with Gasteiger partial charge in [0.1, 0.15) is 11.6 Å². The van der Waals surface area contributed by atoms with Gasteiger partial charge in [-0.15, -0.1) is 16.8 Å². The van der Waals surface area contributed by atoms with Crippen LogP contribution in [0.5, 0.6) is 5.75 Å². The maximum absolute atomic E-state index is 12.3. The minimum atomic E-state index is -0.363. The van der Waals surface area contributed by atoms with Gasteiger partial charge in [-0.05, 0) is 72.1 Å². The number of hydrogen-bond acceptors (Lipinski definition) is 6. The fourth-order valence-corrected chi connectivity index (χ4v) is 4.10. The predicted octanol–water partition coefficient (Wildman–Crippen LogP) is 5.76. The Bertz CT molecular complexity index is 1100. The first kappa shape index (κ1) is 24.3. The normalized spacial score (nSPS) is 11.8. The summed E-state index contributed by atoms with van der Waals surface area (Å²) in [7, 11) is 0. The van der Waals surface area contributed by atoms with Crippen molar-refractivity contribution >= 4 is 51.0 Å². The average Bonchev–Trinajstić information content (AvgIpc) is 3.15. The van der Waals surface area contributed by atoms with Crippen LogP contribution in [0.1, 0.15) is 30.0 Å². The smallest absolute Gasteiger partial charge is 0.236 e. The molecule has 2 aromatic heterocycles. The minimum absolute atomic E-state index is 0.165. The molecule has 1 atom stereocenters. The Kier molecular flexibility index (Phi) is 8.33. The van der Waals surface area contributed by atoms with Crippen molar-refractivity contribution in [3.05, 3.63) is 69.6 Å². The number of aromatic nitrogens is 4. The van der Waals surface area contributed by atoms with E-state index in [1.807, 2.05) is 43.5 Å². The summed E-state index contributed by atoms with van der Waals surface area (Å²) in [5, 5.41) is 12.7. The number of hydrogen-bond donors (Lipinski definition) is 1. The van der Waals surface area contributed by atoms with Crippen molar-refractivity contribution < 1.29 is 9.53 Å². The largest absolute Gasteiger partial charge is 0.483 e. The number of allylic oxidation sites excluding steroid dienone is 1. The number of rotatable bonds is 9. The molecule has 0 aliphatic heterocycles. The molecule has 0 bridgehead atoms. The van der Waals surface area contributed by atoms with Crippen molar-refractivity contribution in [2.75, 3.05) is 11.1 Å². The lowest BCUT2D eigenvalue weighted by Crippen LogP contribution is -2.16. The predicted molar refractivity (Wildman–Crippen MR) is 131 cm³/mol. The number of ether oxygens (including phenoxy) is 1. The van der Waals surface area contributed by atoms with Crippen molar-refractivity contribution in [2.24, 2.45) is 0 Å². The first-order valence-electron chi connectivity index (χ1n) is 9.80. The van der Waals surface area contributed by atoms with Gasteiger partial charge in [-0.1, -0.05) is 29.4 Å². The van der Waals surface area contributed by atoms with Crippen molar-refractivity contribution in [3.8, 4) is 5.75 Å². The first-order valence-corrected chi connectivity index (χ1v) is 12.0. The first-order chi connectivity index (χ1) is 15.3. The lowest BCUT2D eigenvalue weighted by Gasteiger charge is -2.17. The SMILES string of the molecule is C=CCn1c(SCC(=O)Nc2ccc(Br)cn2)nnc1C(C)Oc1cc(C)c(Cl)c(C)c1. The van der Waals surface area contributed by atoms with Crippen molar-refractivity contribution in [1.29, 1.82) is 0 Å². The molecule has 7 nitrogen and oxygen atoms in total. The maximum atomic E-state index is 12.3. The van der Waals surface area contributed by atoms with E-state index in [1.165, 1.54) is 11.8 Å². The fourth-order valence-electron chi connectivity index (χ4n) is 3.00. The van der Waals surface area contributed by atoms with E-state index < -0.39 is 0 Å². The summed E-state index contributed by atoms with van der Waals surface area (Å²) in [4.78, 5) is 16.5. The van der Waals surface area contributed by atoms with Crippen LogP contribution in [-0.4, -0.2) is 31.4 Å². The molecule has 0 fully saturated rings. The number of thioether (sulfide) groups is 1. The highest BCUT2D eigenvalue weighted by molar-refractivity contribution is 9.10. The number of amides is 1. The van der Waals surface area contributed by atoms with E-state index in [0.717, 1.165) is 20.6 Å². The molecule has 0 radical (unpaired) electrons. The van der Waals surface area contributed by atoms with Crippen LogP contribution in [0, 0.1) is 13.8 Å². The summed E-state index contributed by atoms with van der Waals surface area (Å²) in [6, 6.07) is 7.34. The van der Waals surface area contributed by atoms with Crippen molar-refractivity contribution in [3.63, 3.8) is 0 Å². The molecule has 1 unspecified atom stereocenters. The summed E-state index contributed by atoms with van der Waals surface area (Å²) in [6.45, 7) is 10.1. The van der Waals surface area contributed by atoms with Crippen LogP contribution < -0.4 is 10.1 Å². The monoisotopic (exact) mass is 535 g/mol. The molecule has 32 heavy (non-hydrogen) atoms. The van der Waals surface area contributed by atoms with Crippen LogP contribution in [0.15, 0.2) is 52.7 Å². The summed E-state index contributed by atoms with van der Waals surface area (Å²) < 4.78 is 8.85. The lowest BCUT2D eigenvalue weighted by atomic mass is 10.1. The van der Waals surface area contributed by atoms with Crippen LogP contribution in [0.2, 0.25) is 5.02 Å². The number of carbonyl (C=O) groups is 1. The van der Waals surface area contributed by atoms with Gasteiger partial charge in [0.05, 0.1) is 5.75 Å². The van der Waals surface area contributed by atoms with E-state index in [0.29, 0.717) is 29.1 Å². The molecule has 1 amide bonds. The number of nitrogens with zero attached hydrogens (tertiary/aromatic N) is 4. The molecule has 10 heteroatoms. The number of aryl methyl sites for hydroxylation is 2. The Hall–Kier alpha value is -2.36. The highest BCUT2D eigenvalue weighted by atomic mass is 79.9. The molecule has 1 aromatic carbocycles. The Balaban J connectivity index is 1.69. The standard InChI is InChI=1S/C22H23BrClN5O2S/c1-5-8-29-21(15(4)31-17-9-13(2)20(24)14(3)10-17)27-28-22(29)32-12-19(30)26-18-7-6-16(23)11-25-18/h5-7,9-11,15H,1,8,12H2,2-4H3,(H,25,26,30). The van der Waals surface area contributed by atoms with Gasteiger partial charge < -0.3 is 10.1 Å². The summed E-state index contributed by atoms with van der Waals surface area (Å²) in [5.41, 5.74) is 1.90. The molecule has 0 aliphatic rings. The third kappa shape index (κ3) is 6.11. The number of anilines is 1. The second-order valence-corrected chi connectivity index (χ2v) is 9.31. The van der Waals surface area contributed by atoms with Gasteiger partial charge in [0.15, 0.2) is 17.1 Å². The molecule has 3 rings (SSSR count). The quantitative estimate of drug-likeness (QED) is 0.276. The molecule has 0 aliphatic carbocycles. The maximum Gasteiger partial charge on any atom is 0.236 e.